The molecule has 2 unspecified atom stereocenters. The van der Waals surface area contributed by atoms with Crippen molar-refractivity contribution >= 4 is 0 Å². The molecule has 0 amide bonds. The first-order valence-electron chi connectivity index (χ1n) is 4.33. The summed E-state index contributed by atoms with van der Waals surface area (Å²) in [6, 6.07) is 0. The van der Waals surface area contributed by atoms with Crippen molar-refractivity contribution in [1.29, 1.82) is 0 Å². The van der Waals surface area contributed by atoms with Crippen LogP contribution in [0.15, 0.2) is 0 Å². The molecule has 0 aliphatic heterocycles. The minimum absolute atomic E-state index is 0.179. The summed E-state index contributed by atoms with van der Waals surface area (Å²) >= 11 is 0. The Hall–Kier alpha value is -0.0800. The first kappa shape index (κ1) is 10.9. The molecule has 2 N–H and O–H groups in total. The summed E-state index contributed by atoms with van der Waals surface area (Å²) in [6.07, 6.45) is 0.998. The Kier molecular flexibility index (Phi) is 5.51. The molecule has 0 heterocycles. The molecule has 2 heteroatoms. The summed E-state index contributed by atoms with van der Waals surface area (Å²) in [5.41, 5.74) is 0. The van der Waals surface area contributed by atoms with Crippen LogP contribution in [0.2, 0.25) is 0 Å². The van der Waals surface area contributed by atoms with Crippen LogP contribution in [0.25, 0.3) is 0 Å². The summed E-state index contributed by atoms with van der Waals surface area (Å²) < 4.78 is 0. The smallest absolute Gasteiger partial charge is 0.0462 e. The molecule has 2 nitrogen and oxygen atoms in total. The summed E-state index contributed by atoms with van der Waals surface area (Å²) in [7, 11) is 0. The number of aliphatic hydroxyl groups is 2. The minimum Gasteiger partial charge on any atom is -0.396 e. The van der Waals surface area contributed by atoms with E-state index in [1.165, 1.54) is 0 Å². The Bertz CT molecular complexity index is 91.6. The van der Waals surface area contributed by atoms with Gasteiger partial charge in [0.25, 0.3) is 0 Å². The molecule has 0 saturated carbocycles. The second kappa shape index (κ2) is 5.56. The van der Waals surface area contributed by atoms with E-state index in [1.807, 2.05) is 6.92 Å². The SMILES string of the molecule is CC(C)CC(CO)C(C)CO. The highest BCUT2D eigenvalue weighted by Crippen LogP contribution is 2.19. The fourth-order valence-corrected chi connectivity index (χ4v) is 1.24. The van der Waals surface area contributed by atoms with Gasteiger partial charge >= 0.3 is 0 Å². The molecule has 0 aliphatic carbocycles. The lowest BCUT2D eigenvalue weighted by atomic mass is 9.88. The van der Waals surface area contributed by atoms with Gasteiger partial charge in [-0.1, -0.05) is 20.8 Å². The van der Waals surface area contributed by atoms with Crippen LogP contribution in [0.1, 0.15) is 27.2 Å². The highest BCUT2D eigenvalue weighted by molar-refractivity contribution is 4.66. The van der Waals surface area contributed by atoms with Crippen LogP contribution in [-0.4, -0.2) is 23.4 Å². The first-order chi connectivity index (χ1) is 5.11. The second-order valence-corrected chi connectivity index (χ2v) is 3.73. The molecule has 0 aromatic carbocycles. The van der Waals surface area contributed by atoms with Gasteiger partial charge in [-0.15, -0.1) is 0 Å². The van der Waals surface area contributed by atoms with E-state index in [0.717, 1.165) is 6.42 Å². The third-order valence-electron chi connectivity index (χ3n) is 2.10. The topological polar surface area (TPSA) is 40.5 Å². The fraction of sp³-hybridized carbons (Fsp3) is 1.00. The van der Waals surface area contributed by atoms with E-state index in [-0.39, 0.29) is 25.0 Å². The van der Waals surface area contributed by atoms with Gasteiger partial charge in [-0.05, 0) is 24.2 Å². The predicted octanol–water partition coefficient (Wildman–Crippen LogP) is 1.27. The molecule has 0 fully saturated rings. The molecule has 0 spiro atoms. The van der Waals surface area contributed by atoms with Crippen molar-refractivity contribution in [3.63, 3.8) is 0 Å². The second-order valence-electron chi connectivity index (χ2n) is 3.73. The van der Waals surface area contributed by atoms with Gasteiger partial charge in [0.15, 0.2) is 0 Å². The minimum atomic E-state index is 0.179. The van der Waals surface area contributed by atoms with Gasteiger partial charge in [-0.2, -0.15) is 0 Å². The third kappa shape index (κ3) is 4.38. The van der Waals surface area contributed by atoms with E-state index < -0.39 is 0 Å². The van der Waals surface area contributed by atoms with Gasteiger partial charge in [0.1, 0.15) is 0 Å². The monoisotopic (exact) mass is 160 g/mol. The Labute approximate surface area is 69.2 Å². The van der Waals surface area contributed by atoms with Crippen LogP contribution in [0.4, 0.5) is 0 Å². The van der Waals surface area contributed by atoms with E-state index in [9.17, 15) is 0 Å². The lowest BCUT2D eigenvalue weighted by molar-refractivity contribution is 0.115. The lowest BCUT2D eigenvalue weighted by Crippen LogP contribution is -2.20. The van der Waals surface area contributed by atoms with Crippen LogP contribution < -0.4 is 0 Å². The molecular weight excluding hydrogens is 140 g/mol. The van der Waals surface area contributed by atoms with Crippen molar-refractivity contribution in [1.82, 2.24) is 0 Å². The lowest BCUT2D eigenvalue weighted by Gasteiger charge is -2.21. The summed E-state index contributed by atoms with van der Waals surface area (Å²) in [5.74, 6) is 1.09. The maximum absolute atomic E-state index is 8.97. The molecule has 0 bridgehead atoms. The molecule has 0 rings (SSSR count). The van der Waals surface area contributed by atoms with Gasteiger partial charge in [0.2, 0.25) is 0 Å². The average molecular weight is 160 g/mol. The first-order valence-corrected chi connectivity index (χ1v) is 4.33. The summed E-state index contributed by atoms with van der Waals surface area (Å²) in [5, 5.41) is 17.8. The molecule has 2 atom stereocenters. The van der Waals surface area contributed by atoms with Crippen molar-refractivity contribution in [2.45, 2.75) is 27.2 Å². The van der Waals surface area contributed by atoms with Crippen molar-refractivity contribution in [2.75, 3.05) is 13.2 Å². The normalized spacial score (nSPS) is 16.9. The van der Waals surface area contributed by atoms with E-state index in [2.05, 4.69) is 13.8 Å². The quantitative estimate of drug-likeness (QED) is 0.636. The highest BCUT2D eigenvalue weighted by Gasteiger charge is 2.16. The number of hydrogen-bond donors (Lipinski definition) is 2. The van der Waals surface area contributed by atoms with Crippen molar-refractivity contribution in [2.24, 2.45) is 17.8 Å². The highest BCUT2D eigenvalue weighted by atomic mass is 16.3. The maximum atomic E-state index is 8.97. The zero-order valence-electron chi connectivity index (χ0n) is 7.75. The Morgan fingerprint density at radius 3 is 1.82 bits per heavy atom. The number of rotatable bonds is 5. The van der Waals surface area contributed by atoms with Crippen LogP contribution in [0.3, 0.4) is 0 Å². The molecule has 68 valence electrons. The van der Waals surface area contributed by atoms with E-state index in [1.54, 1.807) is 0 Å². The van der Waals surface area contributed by atoms with Gasteiger partial charge in [-0.3, -0.25) is 0 Å². The number of aliphatic hydroxyl groups excluding tert-OH is 2. The molecule has 0 radical (unpaired) electrons. The Balaban J connectivity index is 3.74. The average Bonchev–Trinajstić information content (AvgIpc) is 1.98. The van der Waals surface area contributed by atoms with Crippen LogP contribution in [0, 0.1) is 17.8 Å². The van der Waals surface area contributed by atoms with Gasteiger partial charge in [0.05, 0.1) is 0 Å². The van der Waals surface area contributed by atoms with E-state index in [0.29, 0.717) is 5.92 Å². The molecule has 0 aromatic rings. The molecular formula is C9H20O2. The van der Waals surface area contributed by atoms with Gasteiger partial charge in [0, 0.05) is 13.2 Å². The van der Waals surface area contributed by atoms with E-state index >= 15 is 0 Å². The maximum Gasteiger partial charge on any atom is 0.0462 e. The van der Waals surface area contributed by atoms with Crippen LogP contribution >= 0.6 is 0 Å². The molecule has 0 aromatic heterocycles. The zero-order chi connectivity index (χ0) is 8.85. The van der Waals surface area contributed by atoms with Gasteiger partial charge < -0.3 is 10.2 Å². The van der Waals surface area contributed by atoms with E-state index in [4.69, 9.17) is 10.2 Å². The van der Waals surface area contributed by atoms with Crippen molar-refractivity contribution < 1.29 is 10.2 Å². The van der Waals surface area contributed by atoms with Gasteiger partial charge in [-0.25, -0.2) is 0 Å². The van der Waals surface area contributed by atoms with Crippen molar-refractivity contribution in [3.8, 4) is 0 Å². The number of hydrogen-bond acceptors (Lipinski definition) is 2. The summed E-state index contributed by atoms with van der Waals surface area (Å²) in [4.78, 5) is 0. The van der Waals surface area contributed by atoms with Crippen LogP contribution in [-0.2, 0) is 0 Å². The predicted molar refractivity (Wildman–Crippen MR) is 46.3 cm³/mol. The Morgan fingerprint density at radius 1 is 1.00 bits per heavy atom. The third-order valence-corrected chi connectivity index (χ3v) is 2.10. The molecule has 0 saturated heterocycles. The largest absolute Gasteiger partial charge is 0.396 e. The molecule has 0 aliphatic rings. The van der Waals surface area contributed by atoms with Crippen LogP contribution in [0.5, 0.6) is 0 Å². The summed E-state index contributed by atoms with van der Waals surface area (Å²) in [6.45, 7) is 6.61. The molecule has 11 heavy (non-hydrogen) atoms. The zero-order valence-corrected chi connectivity index (χ0v) is 7.75. The Morgan fingerprint density at radius 2 is 1.55 bits per heavy atom. The fourth-order valence-electron chi connectivity index (χ4n) is 1.24. The standard InChI is InChI=1S/C9H20O2/c1-7(2)4-9(6-11)8(3)5-10/h7-11H,4-6H2,1-3H3. The van der Waals surface area contributed by atoms with Crippen molar-refractivity contribution in [3.05, 3.63) is 0 Å².